The average Bonchev–Trinajstić information content (AvgIpc) is 3.46. The number of aromatic nitrogens is 4. The molecule has 0 spiro atoms. The van der Waals surface area contributed by atoms with Crippen LogP contribution in [0.2, 0.25) is 0 Å². The van der Waals surface area contributed by atoms with Crippen LogP contribution >= 0.6 is 0 Å². The molecule has 0 bridgehead atoms. The van der Waals surface area contributed by atoms with Gasteiger partial charge in [-0.25, -0.2) is 0 Å². The molecular formula is C22H26N6O2. The van der Waals surface area contributed by atoms with Crippen LogP contribution in [0.4, 0.5) is 5.82 Å². The van der Waals surface area contributed by atoms with Crippen LogP contribution in [0.25, 0.3) is 5.65 Å². The Kier molecular flexibility index (Phi) is 4.77. The van der Waals surface area contributed by atoms with Crippen LogP contribution in [-0.4, -0.2) is 63.9 Å². The molecule has 1 amide bonds. The van der Waals surface area contributed by atoms with Gasteiger partial charge in [0.25, 0.3) is 0 Å². The van der Waals surface area contributed by atoms with E-state index in [1.54, 1.807) is 7.11 Å². The average molecular weight is 406 g/mol. The smallest absolute Gasteiger partial charge is 0.227 e. The minimum absolute atomic E-state index is 0.206. The lowest BCUT2D eigenvalue weighted by atomic mass is 10.0. The van der Waals surface area contributed by atoms with E-state index >= 15 is 0 Å². The highest BCUT2D eigenvalue weighted by Gasteiger charge is 2.42. The minimum atomic E-state index is 0.206. The number of rotatable bonds is 5. The van der Waals surface area contributed by atoms with Crippen LogP contribution in [0.5, 0.6) is 5.75 Å². The van der Waals surface area contributed by atoms with Crippen molar-refractivity contribution in [1.29, 1.82) is 0 Å². The maximum absolute atomic E-state index is 12.8. The van der Waals surface area contributed by atoms with Gasteiger partial charge in [-0.05, 0) is 29.8 Å². The highest BCUT2D eigenvalue weighted by molar-refractivity contribution is 5.79. The number of benzene rings is 1. The summed E-state index contributed by atoms with van der Waals surface area (Å²) in [5.74, 6) is 3.84. The highest BCUT2D eigenvalue weighted by Crippen LogP contribution is 2.33. The molecule has 30 heavy (non-hydrogen) atoms. The number of anilines is 1. The van der Waals surface area contributed by atoms with Gasteiger partial charge in [0.2, 0.25) is 5.91 Å². The first kappa shape index (κ1) is 18.8. The maximum Gasteiger partial charge on any atom is 0.227 e. The molecule has 0 saturated carbocycles. The lowest BCUT2D eigenvalue weighted by Gasteiger charge is -2.22. The largest absolute Gasteiger partial charge is 0.497 e. The van der Waals surface area contributed by atoms with Crippen molar-refractivity contribution in [2.24, 2.45) is 11.8 Å². The van der Waals surface area contributed by atoms with E-state index in [0.29, 0.717) is 18.3 Å². The first-order valence-electron chi connectivity index (χ1n) is 10.5. The Labute approximate surface area is 175 Å². The van der Waals surface area contributed by atoms with Crippen molar-refractivity contribution in [3.05, 3.63) is 47.8 Å². The fourth-order valence-electron chi connectivity index (χ4n) is 4.63. The molecule has 1 aromatic carbocycles. The van der Waals surface area contributed by atoms with Crippen LogP contribution in [-0.2, 0) is 17.6 Å². The van der Waals surface area contributed by atoms with Crippen molar-refractivity contribution in [3.63, 3.8) is 0 Å². The number of nitrogens with zero attached hydrogens (tertiary/aromatic N) is 6. The number of ether oxygens (including phenoxy) is 1. The van der Waals surface area contributed by atoms with Gasteiger partial charge in [0, 0.05) is 44.4 Å². The molecule has 2 aliphatic rings. The second-order valence-electron chi connectivity index (χ2n) is 8.18. The van der Waals surface area contributed by atoms with E-state index in [1.807, 2.05) is 45.8 Å². The number of likely N-dealkylation sites (tertiary alicyclic amines) is 1. The molecule has 8 heteroatoms. The molecule has 3 aromatic rings. The highest BCUT2D eigenvalue weighted by atomic mass is 16.5. The van der Waals surface area contributed by atoms with Gasteiger partial charge >= 0.3 is 0 Å². The maximum atomic E-state index is 12.8. The SMILES string of the molecule is CCc1nnc2ccc(N3CC4CN(C(=O)Cc5ccc(OC)cc5)CC4C3)nn12. The summed E-state index contributed by atoms with van der Waals surface area (Å²) in [6.07, 6.45) is 1.24. The Morgan fingerprint density at radius 3 is 2.43 bits per heavy atom. The molecule has 5 rings (SSSR count). The zero-order valence-electron chi connectivity index (χ0n) is 17.4. The van der Waals surface area contributed by atoms with E-state index in [-0.39, 0.29) is 5.91 Å². The Hall–Kier alpha value is -3.16. The van der Waals surface area contributed by atoms with Crippen LogP contribution in [0.1, 0.15) is 18.3 Å². The summed E-state index contributed by atoms with van der Waals surface area (Å²) >= 11 is 0. The Morgan fingerprint density at radius 1 is 1.03 bits per heavy atom. The monoisotopic (exact) mass is 406 g/mol. The molecule has 2 fully saturated rings. The van der Waals surface area contributed by atoms with Crippen molar-refractivity contribution in [2.45, 2.75) is 19.8 Å². The van der Waals surface area contributed by atoms with E-state index in [9.17, 15) is 4.79 Å². The van der Waals surface area contributed by atoms with Gasteiger partial charge < -0.3 is 14.5 Å². The second kappa shape index (κ2) is 7.59. The Morgan fingerprint density at radius 2 is 1.77 bits per heavy atom. The number of carbonyl (C=O) groups excluding carboxylic acids is 1. The van der Waals surface area contributed by atoms with Gasteiger partial charge in [-0.15, -0.1) is 15.3 Å². The third kappa shape index (κ3) is 3.36. The van der Waals surface area contributed by atoms with E-state index in [4.69, 9.17) is 9.84 Å². The van der Waals surface area contributed by atoms with Crippen molar-refractivity contribution in [3.8, 4) is 5.75 Å². The first-order valence-corrected chi connectivity index (χ1v) is 10.5. The molecule has 0 aliphatic carbocycles. The summed E-state index contributed by atoms with van der Waals surface area (Å²) in [4.78, 5) is 17.2. The summed E-state index contributed by atoms with van der Waals surface area (Å²) < 4.78 is 7.03. The van der Waals surface area contributed by atoms with Gasteiger partial charge in [-0.2, -0.15) is 4.52 Å². The number of aryl methyl sites for hydroxylation is 1. The lowest BCUT2D eigenvalue weighted by Crippen LogP contribution is -2.34. The predicted octanol–water partition coefficient (Wildman–Crippen LogP) is 1.83. The molecule has 2 aliphatic heterocycles. The number of hydrogen-bond donors (Lipinski definition) is 0. The van der Waals surface area contributed by atoms with Crippen LogP contribution < -0.4 is 9.64 Å². The van der Waals surface area contributed by atoms with Crippen LogP contribution in [0.15, 0.2) is 36.4 Å². The zero-order valence-corrected chi connectivity index (χ0v) is 17.4. The number of carbonyl (C=O) groups is 1. The number of fused-ring (bicyclic) bond motifs is 2. The van der Waals surface area contributed by atoms with Crippen LogP contribution in [0.3, 0.4) is 0 Å². The van der Waals surface area contributed by atoms with Crippen molar-refractivity contribution in [2.75, 3.05) is 38.2 Å². The molecule has 0 N–H and O–H groups in total. The van der Waals surface area contributed by atoms with Crippen LogP contribution in [0, 0.1) is 11.8 Å². The molecule has 2 atom stereocenters. The predicted molar refractivity (Wildman–Crippen MR) is 113 cm³/mol. The van der Waals surface area contributed by atoms with E-state index in [0.717, 1.165) is 61.2 Å². The normalized spacial score (nSPS) is 20.7. The third-order valence-corrected chi connectivity index (χ3v) is 6.31. The minimum Gasteiger partial charge on any atom is -0.497 e. The summed E-state index contributed by atoms with van der Waals surface area (Å²) in [6.45, 7) is 5.57. The molecule has 4 heterocycles. The quantitative estimate of drug-likeness (QED) is 0.644. The number of hydrogen-bond acceptors (Lipinski definition) is 6. The number of amides is 1. The van der Waals surface area contributed by atoms with Crippen molar-refractivity contribution < 1.29 is 9.53 Å². The topological polar surface area (TPSA) is 75.9 Å². The summed E-state index contributed by atoms with van der Waals surface area (Å²) in [6, 6.07) is 11.7. The lowest BCUT2D eigenvalue weighted by molar-refractivity contribution is -0.129. The van der Waals surface area contributed by atoms with Crippen molar-refractivity contribution >= 4 is 17.4 Å². The fraction of sp³-hybridized carbons (Fsp3) is 0.455. The summed E-state index contributed by atoms with van der Waals surface area (Å²) in [5, 5.41) is 13.1. The summed E-state index contributed by atoms with van der Waals surface area (Å²) in [7, 11) is 1.65. The molecule has 2 unspecified atom stereocenters. The second-order valence-corrected chi connectivity index (χ2v) is 8.18. The van der Waals surface area contributed by atoms with Crippen molar-refractivity contribution in [1.82, 2.24) is 24.7 Å². The molecular weight excluding hydrogens is 380 g/mol. The molecule has 0 radical (unpaired) electrons. The summed E-state index contributed by atoms with van der Waals surface area (Å²) in [5.41, 5.74) is 1.81. The first-order chi connectivity index (χ1) is 14.6. The third-order valence-electron chi connectivity index (χ3n) is 6.31. The number of methoxy groups -OCH3 is 1. The van der Waals surface area contributed by atoms with E-state index in [1.165, 1.54) is 0 Å². The molecule has 2 saturated heterocycles. The van der Waals surface area contributed by atoms with E-state index < -0.39 is 0 Å². The Balaban J connectivity index is 1.22. The molecule has 2 aromatic heterocycles. The van der Waals surface area contributed by atoms with E-state index in [2.05, 4.69) is 22.0 Å². The van der Waals surface area contributed by atoms with Gasteiger partial charge in [0.15, 0.2) is 11.5 Å². The van der Waals surface area contributed by atoms with Gasteiger partial charge in [0.05, 0.1) is 13.5 Å². The van der Waals surface area contributed by atoms with Gasteiger partial charge in [0.1, 0.15) is 11.6 Å². The van der Waals surface area contributed by atoms with Gasteiger partial charge in [-0.1, -0.05) is 19.1 Å². The molecule has 8 nitrogen and oxygen atoms in total. The zero-order chi connectivity index (χ0) is 20.7. The van der Waals surface area contributed by atoms with Gasteiger partial charge in [-0.3, -0.25) is 4.79 Å². The Bertz CT molecular complexity index is 1050. The molecule has 156 valence electrons. The standard InChI is InChI=1S/C22H26N6O2/c1-3-19-23-24-20-8-9-21(25-28(19)20)26-11-16-13-27(14-17(16)12-26)22(29)10-15-4-6-18(30-2)7-5-15/h4-9,16-17H,3,10-14H2,1-2H3. The fourth-order valence-corrected chi connectivity index (χ4v) is 4.63.